The van der Waals surface area contributed by atoms with Crippen LogP contribution in [0.25, 0.3) is 22.4 Å². The Morgan fingerprint density at radius 1 is 0.871 bits per heavy atom. The third-order valence-electron chi connectivity index (χ3n) is 12.4. The number of rotatable bonds is 12. The van der Waals surface area contributed by atoms with Gasteiger partial charge in [-0.05, 0) is 85.5 Å². The second-order valence-electron chi connectivity index (χ2n) is 16.3. The number of likely N-dealkylation sites (tertiary alicyclic amines) is 1. The number of nitrogens with one attached hydrogen (secondary N) is 2. The van der Waals surface area contributed by atoms with E-state index < -0.39 is 17.4 Å². The summed E-state index contributed by atoms with van der Waals surface area (Å²) < 4.78 is 5.97. The van der Waals surface area contributed by atoms with Gasteiger partial charge in [-0.1, -0.05) is 60.1 Å². The SMILES string of the molecule is O=C1CCC(N2Cc3cc(OCCCCC(=O)N4CCC5(CC4)CCN(c4cncc(Nc6ncc(Cl)c(-c7cccc(-c8ccccc8)c7)n6)c4)C5=O)ccc3C2=O)C(=O)N1. The number of benzene rings is 3. The van der Waals surface area contributed by atoms with Crippen molar-refractivity contribution in [2.75, 3.05) is 36.5 Å². The fourth-order valence-electron chi connectivity index (χ4n) is 8.96. The van der Waals surface area contributed by atoms with E-state index in [4.69, 9.17) is 21.3 Å². The number of hydrogen-bond acceptors (Lipinski definition) is 10. The van der Waals surface area contributed by atoms with Gasteiger partial charge < -0.3 is 24.8 Å². The number of amides is 5. The van der Waals surface area contributed by atoms with Gasteiger partial charge in [0.15, 0.2) is 0 Å². The number of nitrogens with zero attached hydrogens (tertiary/aromatic N) is 6. The van der Waals surface area contributed by atoms with Crippen LogP contribution in [0.2, 0.25) is 5.02 Å². The van der Waals surface area contributed by atoms with E-state index in [1.807, 2.05) is 53.4 Å². The number of fused-ring (bicyclic) bond motifs is 1. The van der Waals surface area contributed by atoms with E-state index in [-0.39, 0.29) is 36.6 Å². The van der Waals surface area contributed by atoms with Crippen LogP contribution in [0.15, 0.2) is 97.5 Å². The van der Waals surface area contributed by atoms with Crippen LogP contribution < -0.4 is 20.3 Å². The zero-order chi connectivity index (χ0) is 42.8. The summed E-state index contributed by atoms with van der Waals surface area (Å²) in [7, 11) is 0. The van der Waals surface area contributed by atoms with Crippen LogP contribution in [0, 0.1) is 5.41 Å². The molecule has 4 aliphatic heterocycles. The first-order chi connectivity index (χ1) is 30.1. The first kappa shape index (κ1) is 40.7. The molecular weight excluding hydrogens is 808 g/mol. The molecule has 5 aromatic rings. The maximum absolute atomic E-state index is 14.0. The largest absolute Gasteiger partial charge is 0.494 e. The summed E-state index contributed by atoms with van der Waals surface area (Å²) in [5, 5.41) is 6.00. The maximum atomic E-state index is 14.0. The van der Waals surface area contributed by atoms with Crippen molar-refractivity contribution in [3.05, 3.63) is 114 Å². The van der Waals surface area contributed by atoms with Gasteiger partial charge in [-0.2, -0.15) is 0 Å². The molecule has 3 saturated heterocycles. The van der Waals surface area contributed by atoms with E-state index in [0.29, 0.717) is 111 Å². The first-order valence-corrected chi connectivity index (χ1v) is 21.4. The molecule has 0 saturated carbocycles. The minimum Gasteiger partial charge on any atom is -0.494 e. The summed E-state index contributed by atoms with van der Waals surface area (Å²) >= 11 is 6.59. The Morgan fingerprint density at radius 2 is 1.66 bits per heavy atom. The first-order valence-electron chi connectivity index (χ1n) is 21.0. The third-order valence-corrected chi connectivity index (χ3v) is 12.7. The van der Waals surface area contributed by atoms with Gasteiger partial charge >= 0.3 is 0 Å². The van der Waals surface area contributed by atoms with E-state index >= 15 is 0 Å². The van der Waals surface area contributed by atoms with Crippen LogP contribution in [0.5, 0.6) is 5.75 Å². The van der Waals surface area contributed by atoms with Crippen molar-refractivity contribution in [3.8, 4) is 28.1 Å². The minimum absolute atomic E-state index is 0.0589. The molecule has 0 aliphatic carbocycles. The van der Waals surface area contributed by atoms with Crippen LogP contribution in [0.1, 0.15) is 67.3 Å². The molecule has 0 radical (unpaired) electrons. The van der Waals surface area contributed by atoms with Gasteiger partial charge in [0.05, 0.1) is 52.7 Å². The number of carbonyl (C=O) groups is 5. The molecule has 1 atom stereocenters. The second-order valence-corrected chi connectivity index (χ2v) is 16.7. The maximum Gasteiger partial charge on any atom is 0.255 e. The topological polar surface area (TPSA) is 167 Å². The van der Waals surface area contributed by atoms with Crippen LogP contribution in [-0.4, -0.2) is 86.6 Å². The quantitative estimate of drug-likeness (QED) is 0.0990. The van der Waals surface area contributed by atoms with E-state index in [2.05, 4.69) is 38.8 Å². The monoisotopic (exact) mass is 852 g/mol. The number of carbonyl (C=O) groups excluding carboxylic acids is 5. The van der Waals surface area contributed by atoms with Gasteiger partial charge in [0.2, 0.25) is 29.6 Å². The van der Waals surface area contributed by atoms with Gasteiger partial charge in [0.25, 0.3) is 5.91 Å². The van der Waals surface area contributed by atoms with Crippen LogP contribution in [-0.2, 0) is 25.7 Å². The van der Waals surface area contributed by atoms with E-state index in [1.54, 1.807) is 35.6 Å². The molecule has 2 aromatic heterocycles. The second kappa shape index (κ2) is 17.4. The van der Waals surface area contributed by atoms with E-state index in [9.17, 15) is 24.0 Å². The molecule has 4 aliphatic rings. The number of hydrogen-bond donors (Lipinski definition) is 2. The van der Waals surface area contributed by atoms with E-state index in [0.717, 1.165) is 22.3 Å². The van der Waals surface area contributed by atoms with Gasteiger partial charge in [-0.3, -0.25) is 34.3 Å². The van der Waals surface area contributed by atoms with Crippen molar-refractivity contribution in [1.29, 1.82) is 0 Å². The van der Waals surface area contributed by atoms with Crippen LogP contribution >= 0.6 is 11.6 Å². The molecule has 62 heavy (non-hydrogen) atoms. The fourth-order valence-corrected chi connectivity index (χ4v) is 9.16. The average Bonchev–Trinajstić information content (AvgIpc) is 3.78. The van der Waals surface area contributed by atoms with E-state index in [1.165, 1.54) is 4.90 Å². The summed E-state index contributed by atoms with van der Waals surface area (Å²) in [5.41, 5.74) is 5.70. The van der Waals surface area contributed by atoms with Crippen molar-refractivity contribution < 1.29 is 28.7 Å². The van der Waals surface area contributed by atoms with Crippen molar-refractivity contribution in [3.63, 3.8) is 0 Å². The number of aromatic nitrogens is 3. The van der Waals surface area contributed by atoms with Crippen LogP contribution in [0.3, 0.4) is 0 Å². The predicted molar refractivity (Wildman–Crippen MR) is 232 cm³/mol. The van der Waals surface area contributed by atoms with Crippen molar-refractivity contribution in [2.24, 2.45) is 5.41 Å². The number of anilines is 3. The standard InChI is InChI=1S/C47H45ClN8O6/c48-38-28-50-46(53-42(38)32-10-6-9-31(23-32)30-7-2-1-3-8-30)51-34-25-35(27-49-26-34)55-21-18-47(45(55)61)16-19-54(20-17-47)41(58)11-4-5-22-62-36-12-13-37-33(24-36)29-56(44(37)60)39-14-15-40(57)52-43(39)59/h1-3,6-10,12-13,23-28,39H,4-5,11,14-22,29H2,(H,50,51,53)(H,52,57,59). The molecule has 3 aromatic carbocycles. The smallest absolute Gasteiger partial charge is 0.255 e. The Kier molecular flexibility index (Phi) is 11.4. The van der Waals surface area contributed by atoms with Crippen molar-refractivity contribution >= 4 is 58.5 Å². The number of unbranched alkanes of at least 4 members (excludes halogenated alkanes) is 1. The number of piperidine rings is 2. The number of ether oxygens (including phenoxy) is 1. The Bertz CT molecular complexity index is 2560. The van der Waals surface area contributed by atoms with Crippen molar-refractivity contribution in [2.45, 2.75) is 64.0 Å². The number of imide groups is 1. The molecule has 15 heteroatoms. The molecule has 6 heterocycles. The zero-order valence-electron chi connectivity index (χ0n) is 34.0. The Labute approximate surface area is 363 Å². The predicted octanol–water partition coefficient (Wildman–Crippen LogP) is 6.96. The molecule has 5 amide bonds. The number of pyridine rings is 1. The highest BCUT2D eigenvalue weighted by Gasteiger charge is 2.49. The lowest BCUT2D eigenvalue weighted by molar-refractivity contribution is -0.137. The molecule has 9 rings (SSSR count). The Hall–Kier alpha value is -6.67. The highest BCUT2D eigenvalue weighted by Crippen LogP contribution is 2.43. The highest BCUT2D eigenvalue weighted by molar-refractivity contribution is 6.33. The third kappa shape index (κ3) is 8.34. The summed E-state index contributed by atoms with van der Waals surface area (Å²) in [4.78, 5) is 82.9. The normalized spacial score (nSPS) is 18.3. The molecule has 0 bridgehead atoms. The molecule has 316 valence electrons. The van der Waals surface area contributed by atoms with Gasteiger partial charge in [-0.25, -0.2) is 9.97 Å². The Balaban J connectivity index is 0.739. The fraction of sp³-hybridized carbons (Fsp3) is 0.319. The number of halogens is 1. The lowest BCUT2D eigenvalue weighted by Crippen LogP contribution is -2.52. The summed E-state index contributed by atoms with van der Waals surface area (Å²) in [5.74, 6) is 0.117. The molecule has 2 N–H and O–H groups in total. The van der Waals surface area contributed by atoms with Gasteiger partial charge in [0.1, 0.15) is 11.8 Å². The summed E-state index contributed by atoms with van der Waals surface area (Å²) in [6.45, 7) is 2.32. The minimum atomic E-state index is -0.666. The summed E-state index contributed by atoms with van der Waals surface area (Å²) in [6, 6.07) is 24.6. The molecule has 1 spiro atoms. The molecule has 1 unspecified atom stereocenters. The summed E-state index contributed by atoms with van der Waals surface area (Å²) in [6.07, 6.45) is 9.09. The Morgan fingerprint density at radius 3 is 2.48 bits per heavy atom. The molecule has 14 nitrogen and oxygen atoms in total. The van der Waals surface area contributed by atoms with Gasteiger partial charge in [0, 0.05) is 50.1 Å². The lowest BCUT2D eigenvalue weighted by atomic mass is 9.77. The van der Waals surface area contributed by atoms with Gasteiger partial charge in [-0.15, -0.1) is 0 Å². The zero-order valence-corrected chi connectivity index (χ0v) is 34.8. The molecule has 3 fully saturated rings. The van der Waals surface area contributed by atoms with Crippen molar-refractivity contribution in [1.82, 2.24) is 30.1 Å². The lowest BCUT2D eigenvalue weighted by Gasteiger charge is -2.38. The molecular formula is C47H45ClN8O6. The van der Waals surface area contributed by atoms with Crippen LogP contribution in [0.4, 0.5) is 17.3 Å². The average molecular weight is 853 g/mol. The highest BCUT2D eigenvalue weighted by atomic mass is 35.5.